The molecule has 2 amide bonds. The van der Waals surface area contributed by atoms with Crippen molar-refractivity contribution in [1.29, 1.82) is 0 Å². The number of Topliss-reactive ketones (excluding diaryl/α,β-unsaturated/α-hetero) is 1. The van der Waals surface area contributed by atoms with Crippen molar-refractivity contribution in [2.45, 2.75) is 57.5 Å². The molecule has 1 fully saturated rings. The van der Waals surface area contributed by atoms with Crippen LogP contribution in [-0.2, 0) is 16.0 Å². The molecule has 1 heterocycles. The minimum absolute atomic E-state index is 0.000129. The minimum atomic E-state index is -1.19. The Labute approximate surface area is 209 Å². The zero-order valence-electron chi connectivity index (χ0n) is 19.7. The molecule has 1 atom stereocenters. The number of rotatable bonds is 8. The summed E-state index contributed by atoms with van der Waals surface area (Å²) in [5.74, 6) is -1.38. The molecule has 1 aromatic heterocycles. The first-order valence-corrected chi connectivity index (χ1v) is 12.8. The van der Waals surface area contributed by atoms with E-state index in [1.807, 2.05) is 17.5 Å². The molecule has 0 unspecified atom stereocenters. The molecule has 0 bridgehead atoms. The smallest absolute Gasteiger partial charge is 0.248 e. The summed E-state index contributed by atoms with van der Waals surface area (Å²) in [5.41, 5.74) is 1.06. The predicted octanol–water partition coefficient (Wildman–Crippen LogP) is 5.86. The lowest BCUT2D eigenvalue weighted by Crippen LogP contribution is -2.48. The number of hydrogen-bond donors (Lipinski definition) is 1. The molecule has 1 aliphatic rings. The van der Waals surface area contributed by atoms with Crippen LogP contribution in [0, 0.1) is 5.82 Å². The van der Waals surface area contributed by atoms with Crippen LogP contribution in [0.1, 0.15) is 65.9 Å². The second-order valence-corrected chi connectivity index (χ2v) is 9.92. The lowest BCUT2D eigenvalue weighted by atomic mass is 9.94. The van der Waals surface area contributed by atoms with E-state index < -0.39 is 17.8 Å². The van der Waals surface area contributed by atoms with E-state index in [2.05, 4.69) is 5.32 Å². The van der Waals surface area contributed by atoms with E-state index in [0.717, 1.165) is 37.0 Å². The van der Waals surface area contributed by atoms with Crippen LogP contribution < -0.4 is 10.2 Å². The average molecular weight is 493 g/mol. The zero-order chi connectivity index (χ0) is 24.8. The number of hydrogen-bond acceptors (Lipinski definition) is 4. The summed E-state index contributed by atoms with van der Waals surface area (Å²) in [6.07, 6.45) is 5.01. The van der Waals surface area contributed by atoms with Crippen LogP contribution in [0.25, 0.3) is 0 Å². The van der Waals surface area contributed by atoms with Crippen LogP contribution >= 0.6 is 11.3 Å². The summed E-state index contributed by atoms with van der Waals surface area (Å²) < 4.78 is 15.1. The molecule has 3 aromatic rings. The van der Waals surface area contributed by atoms with Gasteiger partial charge in [-0.05, 0) is 61.5 Å². The molecule has 7 heteroatoms. The van der Waals surface area contributed by atoms with Gasteiger partial charge in [-0.1, -0.05) is 43.5 Å². The molecule has 182 valence electrons. The summed E-state index contributed by atoms with van der Waals surface area (Å²) >= 11 is 1.45. The third kappa shape index (κ3) is 6.03. The molecule has 0 aliphatic heterocycles. The van der Waals surface area contributed by atoms with Gasteiger partial charge in [-0.15, -0.1) is 11.3 Å². The fraction of sp³-hybridized carbons (Fsp3) is 0.321. The number of nitrogens with one attached hydrogen (secondary N) is 1. The van der Waals surface area contributed by atoms with Crippen LogP contribution in [0.15, 0.2) is 66.0 Å². The van der Waals surface area contributed by atoms with Crippen molar-refractivity contribution < 1.29 is 18.8 Å². The van der Waals surface area contributed by atoms with Gasteiger partial charge < -0.3 is 5.32 Å². The Morgan fingerprint density at radius 1 is 1.00 bits per heavy atom. The molecule has 2 aromatic carbocycles. The maximum atomic E-state index is 15.1. The van der Waals surface area contributed by atoms with Gasteiger partial charge in [0, 0.05) is 27.7 Å². The van der Waals surface area contributed by atoms with Crippen molar-refractivity contribution in [1.82, 2.24) is 5.32 Å². The Bertz CT molecular complexity index is 1170. The van der Waals surface area contributed by atoms with Crippen LogP contribution in [0.5, 0.6) is 0 Å². The monoisotopic (exact) mass is 492 g/mol. The van der Waals surface area contributed by atoms with E-state index in [1.165, 1.54) is 29.2 Å². The van der Waals surface area contributed by atoms with Gasteiger partial charge in [-0.25, -0.2) is 4.39 Å². The normalized spacial score (nSPS) is 14.8. The largest absolute Gasteiger partial charge is 0.351 e. The fourth-order valence-corrected chi connectivity index (χ4v) is 5.26. The number of benzene rings is 2. The average Bonchev–Trinajstić information content (AvgIpc) is 3.36. The van der Waals surface area contributed by atoms with Crippen molar-refractivity contribution in [2.75, 3.05) is 4.90 Å². The van der Waals surface area contributed by atoms with Crippen LogP contribution in [0.3, 0.4) is 0 Å². The van der Waals surface area contributed by atoms with Crippen LogP contribution in [-0.4, -0.2) is 23.6 Å². The molecule has 0 spiro atoms. The third-order valence-electron chi connectivity index (χ3n) is 6.38. The molecule has 0 saturated heterocycles. The van der Waals surface area contributed by atoms with Crippen molar-refractivity contribution in [3.05, 3.63) is 87.9 Å². The Morgan fingerprint density at radius 3 is 2.34 bits per heavy atom. The first-order valence-electron chi connectivity index (χ1n) is 11.9. The van der Waals surface area contributed by atoms with Crippen molar-refractivity contribution in [3.8, 4) is 0 Å². The van der Waals surface area contributed by atoms with E-state index in [0.29, 0.717) is 11.3 Å². The quantitative estimate of drug-likeness (QED) is 0.401. The van der Waals surface area contributed by atoms with Crippen molar-refractivity contribution in [3.63, 3.8) is 0 Å². The highest BCUT2D eigenvalue weighted by Gasteiger charge is 2.35. The van der Waals surface area contributed by atoms with Gasteiger partial charge in [0.15, 0.2) is 5.78 Å². The second kappa shape index (κ2) is 11.4. The Hall–Kier alpha value is -3.32. The van der Waals surface area contributed by atoms with Gasteiger partial charge in [-0.3, -0.25) is 19.3 Å². The van der Waals surface area contributed by atoms with Crippen LogP contribution in [0.2, 0.25) is 0 Å². The van der Waals surface area contributed by atoms with Gasteiger partial charge in [0.2, 0.25) is 11.8 Å². The number of nitrogens with zero attached hydrogens (tertiary/aromatic N) is 1. The lowest BCUT2D eigenvalue weighted by molar-refractivity contribution is -0.127. The Balaban J connectivity index is 1.77. The van der Waals surface area contributed by atoms with E-state index in [1.54, 1.807) is 42.5 Å². The number of carbonyl (C=O) groups is 3. The number of thiophene rings is 1. The first kappa shape index (κ1) is 24.8. The fourth-order valence-electron chi connectivity index (χ4n) is 4.56. The van der Waals surface area contributed by atoms with E-state index >= 15 is 4.39 Å². The number of anilines is 1. The Morgan fingerprint density at radius 2 is 1.71 bits per heavy atom. The van der Waals surface area contributed by atoms with Crippen molar-refractivity contribution >= 4 is 34.6 Å². The molecule has 0 radical (unpaired) electrons. The van der Waals surface area contributed by atoms with Gasteiger partial charge in [0.1, 0.15) is 11.9 Å². The summed E-state index contributed by atoms with van der Waals surface area (Å²) in [6, 6.07) is 15.2. The van der Waals surface area contributed by atoms with E-state index in [4.69, 9.17) is 0 Å². The second-order valence-electron chi connectivity index (χ2n) is 8.89. The van der Waals surface area contributed by atoms with Gasteiger partial charge in [0.25, 0.3) is 0 Å². The van der Waals surface area contributed by atoms with Gasteiger partial charge in [-0.2, -0.15) is 0 Å². The standard InChI is InChI=1S/C28H29FN2O3S/c1-19(32)20-13-15-22(16-14-20)31(26(33)18-23-10-7-17-35-23)27(24-11-5-6-12-25(24)29)28(34)30-21-8-3-2-4-9-21/h5-7,10-17,21,27H,2-4,8-9,18H2,1H3,(H,30,34)/t27-/m1/s1. The summed E-state index contributed by atoms with van der Waals surface area (Å²) in [4.78, 5) is 41.5. The van der Waals surface area contributed by atoms with E-state index in [-0.39, 0.29) is 29.7 Å². The molecule has 1 N–H and O–H groups in total. The zero-order valence-corrected chi connectivity index (χ0v) is 20.5. The number of ketones is 1. The lowest BCUT2D eigenvalue weighted by Gasteiger charge is -2.33. The van der Waals surface area contributed by atoms with Crippen molar-refractivity contribution in [2.24, 2.45) is 0 Å². The van der Waals surface area contributed by atoms with Crippen LogP contribution in [0.4, 0.5) is 10.1 Å². The maximum absolute atomic E-state index is 15.1. The molecule has 35 heavy (non-hydrogen) atoms. The van der Waals surface area contributed by atoms with Gasteiger partial charge >= 0.3 is 0 Å². The SMILES string of the molecule is CC(=O)c1ccc(N(C(=O)Cc2cccs2)[C@@H](C(=O)NC2CCCCC2)c2ccccc2F)cc1. The molecule has 4 rings (SSSR count). The number of amides is 2. The first-order chi connectivity index (χ1) is 16.9. The molecule has 1 saturated carbocycles. The molecule has 1 aliphatic carbocycles. The van der Waals surface area contributed by atoms with Gasteiger partial charge in [0.05, 0.1) is 6.42 Å². The minimum Gasteiger partial charge on any atom is -0.351 e. The molecular weight excluding hydrogens is 463 g/mol. The molecule has 5 nitrogen and oxygen atoms in total. The summed E-state index contributed by atoms with van der Waals surface area (Å²) in [5, 5.41) is 4.97. The summed E-state index contributed by atoms with van der Waals surface area (Å²) in [7, 11) is 0. The molecular formula is C28H29FN2O3S. The topological polar surface area (TPSA) is 66.5 Å². The highest BCUT2D eigenvalue weighted by Crippen LogP contribution is 2.32. The highest BCUT2D eigenvalue weighted by molar-refractivity contribution is 7.10. The van der Waals surface area contributed by atoms with E-state index in [9.17, 15) is 14.4 Å². The Kier molecular flexibility index (Phi) is 8.08. The number of carbonyl (C=O) groups excluding carboxylic acids is 3. The maximum Gasteiger partial charge on any atom is 0.248 e. The number of halogens is 1. The third-order valence-corrected chi connectivity index (χ3v) is 7.26. The summed E-state index contributed by atoms with van der Waals surface area (Å²) in [6.45, 7) is 1.47. The highest BCUT2D eigenvalue weighted by atomic mass is 32.1. The predicted molar refractivity (Wildman–Crippen MR) is 136 cm³/mol.